The molecule has 28 heavy (non-hydrogen) atoms. The Morgan fingerprint density at radius 1 is 1.07 bits per heavy atom. The topological polar surface area (TPSA) is 59.5 Å². The van der Waals surface area contributed by atoms with Crippen molar-refractivity contribution in [1.29, 1.82) is 0 Å². The molecule has 0 saturated carbocycles. The maximum Gasteiger partial charge on any atom is 0.283 e. The number of ether oxygens (including phenoxy) is 1. The molecule has 3 aromatic rings. The summed E-state index contributed by atoms with van der Waals surface area (Å²) in [6, 6.07) is 18.7. The lowest BCUT2D eigenvalue weighted by molar-refractivity contribution is -0.00281. The van der Waals surface area contributed by atoms with Crippen molar-refractivity contribution in [3.8, 4) is 11.3 Å². The van der Waals surface area contributed by atoms with E-state index in [1.165, 1.54) is 11.3 Å². The molecule has 1 aromatic heterocycles. The molecule has 0 unspecified atom stereocenters. The molecule has 142 valence electrons. The monoisotopic (exact) mass is 392 g/mol. The van der Waals surface area contributed by atoms with Gasteiger partial charge >= 0.3 is 0 Å². The van der Waals surface area contributed by atoms with Gasteiger partial charge in [-0.25, -0.2) is 4.98 Å². The number of carbonyl (C=O) groups excluding carboxylic acids is 2. The van der Waals surface area contributed by atoms with Crippen molar-refractivity contribution in [3.63, 3.8) is 0 Å². The van der Waals surface area contributed by atoms with Gasteiger partial charge in [0.05, 0.1) is 24.9 Å². The van der Waals surface area contributed by atoms with Crippen LogP contribution in [0.2, 0.25) is 0 Å². The second-order valence-electron chi connectivity index (χ2n) is 6.62. The third kappa shape index (κ3) is 4.03. The molecule has 4 rings (SSSR count). The van der Waals surface area contributed by atoms with E-state index in [2.05, 4.69) is 4.98 Å². The van der Waals surface area contributed by atoms with E-state index < -0.39 is 0 Å². The molecule has 2 heterocycles. The van der Waals surface area contributed by atoms with Crippen molar-refractivity contribution < 1.29 is 14.3 Å². The van der Waals surface area contributed by atoms with Crippen molar-refractivity contribution in [3.05, 3.63) is 76.6 Å². The van der Waals surface area contributed by atoms with Gasteiger partial charge in [-0.05, 0) is 0 Å². The molecule has 5 nitrogen and oxygen atoms in total. The second kappa shape index (κ2) is 8.46. The Labute approximate surface area is 167 Å². The van der Waals surface area contributed by atoms with Gasteiger partial charge in [-0.2, -0.15) is 0 Å². The van der Waals surface area contributed by atoms with E-state index in [0.717, 1.165) is 11.3 Å². The standard InChI is InChI=1S/C22H20N2O3S/c25-20(17-9-5-2-6-10-17)13-18-14-27-12-11-24(18)22(26)21-23-19(15-28-21)16-7-3-1-4-8-16/h1-10,15,18H,11-14H2/t18-/m0/s1. The number of hydrogen-bond acceptors (Lipinski definition) is 5. The third-order valence-electron chi connectivity index (χ3n) is 4.76. The zero-order valence-electron chi connectivity index (χ0n) is 15.3. The van der Waals surface area contributed by atoms with Crippen LogP contribution in [0.3, 0.4) is 0 Å². The molecule has 1 saturated heterocycles. The van der Waals surface area contributed by atoms with Gasteiger partial charge in [-0.15, -0.1) is 11.3 Å². The van der Waals surface area contributed by atoms with E-state index in [4.69, 9.17) is 4.74 Å². The first-order valence-corrected chi connectivity index (χ1v) is 10.1. The first-order valence-electron chi connectivity index (χ1n) is 9.20. The van der Waals surface area contributed by atoms with E-state index in [1.54, 1.807) is 17.0 Å². The summed E-state index contributed by atoms with van der Waals surface area (Å²) in [6.45, 7) is 1.30. The lowest BCUT2D eigenvalue weighted by Gasteiger charge is -2.34. The van der Waals surface area contributed by atoms with Gasteiger partial charge in [0.15, 0.2) is 10.8 Å². The summed E-state index contributed by atoms with van der Waals surface area (Å²) in [5, 5.41) is 2.34. The van der Waals surface area contributed by atoms with Crippen molar-refractivity contribution in [2.45, 2.75) is 12.5 Å². The molecule has 2 aromatic carbocycles. The predicted molar refractivity (Wildman–Crippen MR) is 109 cm³/mol. The second-order valence-corrected chi connectivity index (χ2v) is 7.48. The normalized spacial score (nSPS) is 16.7. The molecule has 1 aliphatic heterocycles. The highest BCUT2D eigenvalue weighted by atomic mass is 32.1. The number of Topliss-reactive ketones (excluding diaryl/α,β-unsaturated/α-hetero) is 1. The lowest BCUT2D eigenvalue weighted by atomic mass is 10.0. The van der Waals surface area contributed by atoms with Crippen molar-refractivity contribution >= 4 is 23.0 Å². The van der Waals surface area contributed by atoms with Gasteiger partial charge in [0, 0.05) is 29.5 Å². The van der Waals surface area contributed by atoms with E-state index in [0.29, 0.717) is 30.3 Å². The fourth-order valence-electron chi connectivity index (χ4n) is 3.28. The van der Waals surface area contributed by atoms with Crippen LogP contribution in [0.1, 0.15) is 26.6 Å². The van der Waals surface area contributed by atoms with E-state index in [-0.39, 0.29) is 24.2 Å². The quantitative estimate of drug-likeness (QED) is 0.618. The van der Waals surface area contributed by atoms with Gasteiger partial charge in [0.1, 0.15) is 0 Å². The van der Waals surface area contributed by atoms with Crippen molar-refractivity contribution in [2.24, 2.45) is 0 Å². The van der Waals surface area contributed by atoms with Gasteiger partial charge in [0.25, 0.3) is 5.91 Å². The molecule has 6 heteroatoms. The van der Waals surface area contributed by atoms with Crippen LogP contribution >= 0.6 is 11.3 Å². The highest BCUT2D eigenvalue weighted by Crippen LogP contribution is 2.24. The SMILES string of the molecule is O=C(C[C@H]1COCCN1C(=O)c1nc(-c2ccccc2)cs1)c1ccccc1. The minimum atomic E-state index is -0.280. The van der Waals surface area contributed by atoms with Crippen LogP contribution in [0.5, 0.6) is 0 Å². The highest BCUT2D eigenvalue weighted by Gasteiger charge is 2.31. The van der Waals surface area contributed by atoms with Crippen molar-refractivity contribution in [2.75, 3.05) is 19.8 Å². The molecule has 0 bridgehead atoms. The minimum absolute atomic E-state index is 0.0120. The number of aromatic nitrogens is 1. The Kier molecular flexibility index (Phi) is 5.60. The van der Waals surface area contributed by atoms with Gasteiger partial charge in [-0.1, -0.05) is 60.7 Å². The molecule has 0 aliphatic carbocycles. The maximum atomic E-state index is 13.1. The summed E-state index contributed by atoms with van der Waals surface area (Å²) in [7, 11) is 0. The van der Waals surface area contributed by atoms with Crippen LogP contribution < -0.4 is 0 Å². The number of amides is 1. The number of benzene rings is 2. The highest BCUT2D eigenvalue weighted by molar-refractivity contribution is 7.12. The summed E-state index contributed by atoms with van der Waals surface area (Å²) < 4.78 is 5.55. The zero-order chi connectivity index (χ0) is 19.3. The summed E-state index contributed by atoms with van der Waals surface area (Å²) in [5.74, 6) is -0.126. The fourth-order valence-corrected chi connectivity index (χ4v) is 4.06. The van der Waals surface area contributed by atoms with Crippen LogP contribution in [-0.2, 0) is 4.74 Å². The Morgan fingerprint density at radius 2 is 1.79 bits per heavy atom. The maximum absolute atomic E-state index is 13.1. The minimum Gasteiger partial charge on any atom is -0.377 e. The Bertz CT molecular complexity index is 956. The zero-order valence-corrected chi connectivity index (χ0v) is 16.1. The molecule has 0 N–H and O–H groups in total. The average molecular weight is 392 g/mol. The molecule has 1 fully saturated rings. The van der Waals surface area contributed by atoms with Gasteiger partial charge in [-0.3, -0.25) is 9.59 Å². The third-order valence-corrected chi connectivity index (χ3v) is 5.59. The number of rotatable bonds is 5. The molecule has 0 radical (unpaired) electrons. The lowest BCUT2D eigenvalue weighted by Crippen LogP contribution is -2.49. The Morgan fingerprint density at radius 3 is 2.54 bits per heavy atom. The van der Waals surface area contributed by atoms with Gasteiger partial charge in [0.2, 0.25) is 0 Å². The molecular weight excluding hydrogens is 372 g/mol. The number of hydrogen-bond donors (Lipinski definition) is 0. The van der Waals surface area contributed by atoms with Crippen LogP contribution in [0, 0.1) is 0 Å². The van der Waals surface area contributed by atoms with Crippen LogP contribution in [0.25, 0.3) is 11.3 Å². The van der Waals surface area contributed by atoms with E-state index in [9.17, 15) is 9.59 Å². The number of carbonyl (C=O) groups is 2. The summed E-state index contributed by atoms with van der Waals surface area (Å²) >= 11 is 1.34. The average Bonchev–Trinajstić information content (AvgIpc) is 3.25. The largest absolute Gasteiger partial charge is 0.377 e. The molecular formula is C22H20N2O3S. The summed E-state index contributed by atoms with van der Waals surface area (Å²) in [4.78, 5) is 31.9. The number of thiazole rings is 1. The molecule has 0 spiro atoms. The fraction of sp³-hybridized carbons (Fsp3) is 0.227. The number of ketones is 1. The van der Waals surface area contributed by atoms with Crippen LogP contribution in [0.15, 0.2) is 66.0 Å². The first-order chi connectivity index (χ1) is 13.7. The van der Waals surface area contributed by atoms with Crippen molar-refractivity contribution in [1.82, 2.24) is 9.88 Å². The van der Waals surface area contributed by atoms with Crippen LogP contribution in [-0.4, -0.2) is 47.4 Å². The van der Waals surface area contributed by atoms with E-state index >= 15 is 0 Å². The Balaban J connectivity index is 1.50. The number of nitrogens with zero attached hydrogens (tertiary/aromatic N) is 2. The number of morpholine rings is 1. The molecule has 1 amide bonds. The first kappa shape index (κ1) is 18.5. The van der Waals surface area contributed by atoms with E-state index in [1.807, 2.05) is 53.9 Å². The Hall–Kier alpha value is -2.83. The van der Waals surface area contributed by atoms with Crippen LogP contribution in [0.4, 0.5) is 0 Å². The predicted octanol–water partition coefficient (Wildman–Crippen LogP) is 3.92. The smallest absolute Gasteiger partial charge is 0.283 e. The summed E-state index contributed by atoms with van der Waals surface area (Å²) in [5.41, 5.74) is 2.43. The molecule has 1 aliphatic rings. The summed E-state index contributed by atoms with van der Waals surface area (Å²) in [6.07, 6.45) is 0.243. The van der Waals surface area contributed by atoms with Gasteiger partial charge < -0.3 is 9.64 Å². The molecule has 1 atom stereocenters.